The minimum atomic E-state index is -0.459. The Hall–Kier alpha value is -1.99. The number of carbonyl (C=O) groups excluding carboxylic acids is 2. The van der Waals surface area contributed by atoms with Crippen LogP contribution in [0.5, 0.6) is 11.5 Å². The number of carbonyl (C=O) groups is 2. The van der Waals surface area contributed by atoms with Crippen molar-refractivity contribution in [1.29, 1.82) is 0 Å². The van der Waals surface area contributed by atoms with Gasteiger partial charge in [0, 0.05) is 18.2 Å². The van der Waals surface area contributed by atoms with Crippen LogP contribution in [0.25, 0.3) is 6.08 Å². The number of aliphatic imine (C=N–C) groups is 1. The second kappa shape index (κ2) is 8.75. The van der Waals surface area contributed by atoms with Crippen LogP contribution in [-0.2, 0) is 9.59 Å². The summed E-state index contributed by atoms with van der Waals surface area (Å²) < 4.78 is 11.5. The van der Waals surface area contributed by atoms with Crippen LogP contribution in [0.3, 0.4) is 0 Å². The number of hydrogen-bond donors (Lipinski definition) is 0. The molecule has 0 unspecified atom stereocenters. The highest BCUT2D eigenvalue weighted by molar-refractivity contribution is 8.45. The fraction of sp³-hybridized carbons (Fsp3) is 0.235. The van der Waals surface area contributed by atoms with E-state index in [4.69, 9.17) is 9.47 Å². The Morgan fingerprint density at radius 3 is 2.92 bits per heavy atom. The number of para-hydroxylation sites is 1. The summed E-state index contributed by atoms with van der Waals surface area (Å²) in [5, 5.41) is -0.142. The van der Waals surface area contributed by atoms with Crippen LogP contribution in [0.4, 0.5) is 0 Å². The minimum absolute atomic E-state index is 0.142. The van der Waals surface area contributed by atoms with Crippen LogP contribution in [-0.4, -0.2) is 27.8 Å². The third-order valence-electron chi connectivity index (χ3n) is 2.77. The van der Waals surface area contributed by atoms with Crippen molar-refractivity contribution in [2.24, 2.45) is 4.99 Å². The molecule has 0 aliphatic carbocycles. The van der Waals surface area contributed by atoms with Crippen molar-refractivity contribution >= 4 is 45.1 Å². The molecule has 0 bridgehead atoms. The van der Waals surface area contributed by atoms with Crippen LogP contribution in [0.1, 0.15) is 19.4 Å². The first-order valence-corrected chi connectivity index (χ1v) is 9.05. The molecule has 0 N–H and O–H groups in total. The summed E-state index contributed by atoms with van der Waals surface area (Å²) in [4.78, 5) is 27.8. The third-order valence-corrected chi connectivity index (χ3v) is 4.78. The summed E-state index contributed by atoms with van der Waals surface area (Å²) in [7, 11) is 0. The Balaban J connectivity index is 2.38. The summed E-state index contributed by atoms with van der Waals surface area (Å²) in [5.74, 6) is 0.967. The minimum Gasteiger partial charge on any atom is -0.490 e. The molecule has 1 aromatic carbocycles. The zero-order valence-electron chi connectivity index (χ0n) is 13.4. The zero-order valence-corrected chi connectivity index (χ0v) is 15.0. The van der Waals surface area contributed by atoms with Gasteiger partial charge < -0.3 is 9.47 Å². The van der Waals surface area contributed by atoms with Crippen LogP contribution >= 0.6 is 23.5 Å². The summed E-state index contributed by atoms with van der Waals surface area (Å²) in [6.45, 7) is 7.24. The zero-order chi connectivity index (χ0) is 17.5. The van der Waals surface area contributed by atoms with Crippen LogP contribution in [0.15, 0.2) is 41.5 Å². The van der Waals surface area contributed by atoms with Gasteiger partial charge in [-0.15, -0.1) is 6.58 Å². The molecule has 0 radical (unpaired) electrons. The number of rotatable bonds is 6. The van der Waals surface area contributed by atoms with Crippen molar-refractivity contribution in [2.75, 3.05) is 12.4 Å². The molecular formula is C17H17NO4S2. The van der Waals surface area contributed by atoms with Gasteiger partial charge in [-0.25, -0.2) is 4.99 Å². The molecule has 0 amide bonds. The van der Waals surface area contributed by atoms with Crippen LogP contribution < -0.4 is 9.47 Å². The summed E-state index contributed by atoms with van der Waals surface area (Å²) in [5.41, 5.74) is 0.882. The molecule has 1 aliphatic heterocycles. The van der Waals surface area contributed by atoms with E-state index in [1.54, 1.807) is 30.4 Å². The predicted octanol–water partition coefficient (Wildman–Crippen LogP) is 3.90. The van der Waals surface area contributed by atoms with Gasteiger partial charge in [-0.1, -0.05) is 30.0 Å². The highest BCUT2D eigenvalue weighted by atomic mass is 32.2. The maximum Gasteiger partial charge on any atom is 0.308 e. The number of nitrogens with zero attached hydrogens (tertiary/aromatic N) is 1. The lowest BCUT2D eigenvalue weighted by Gasteiger charge is -2.12. The Bertz CT molecular complexity index is 725. The lowest BCUT2D eigenvalue weighted by Crippen LogP contribution is -2.05. The normalized spacial score (nSPS) is 15.3. The molecule has 0 saturated carbocycles. The van der Waals surface area contributed by atoms with Crippen molar-refractivity contribution in [1.82, 2.24) is 0 Å². The van der Waals surface area contributed by atoms with Gasteiger partial charge in [0.25, 0.3) is 0 Å². The Labute approximate surface area is 149 Å². The van der Waals surface area contributed by atoms with E-state index in [0.717, 1.165) is 11.8 Å². The molecule has 24 heavy (non-hydrogen) atoms. The molecule has 126 valence electrons. The molecule has 0 aromatic heterocycles. The van der Waals surface area contributed by atoms with Gasteiger partial charge in [0.1, 0.15) is 10.1 Å². The second-order valence-corrected chi connectivity index (χ2v) is 6.83. The first-order chi connectivity index (χ1) is 11.5. The smallest absolute Gasteiger partial charge is 0.308 e. The van der Waals surface area contributed by atoms with Crippen LogP contribution in [0.2, 0.25) is 0 Å². The molecule has 2 rings (SSSR count). The Kier molecular flexibility index (Phi) is 6.69. The highest BCUT2D eigenvalue weighted by Crippen LogP contribution is 2.36. The average Bonchev–Trinajstić information content (AvgIpc) is 2.88. The maximum atomic E-state index is 12.1. The van der Waals surface area contributed by atoms with Gasteiger partial charge >= 0.3 is 5.97 Å². The lowest BCUT2D eigenvalue weighted by atomic mass is 10.1. The monoisotopic (exact) mass is 363 g/mol. The maximum absolute atomic E-state index is 12.1. The molecule has 0 saturated heterocycles. The second-order valence-electron chi connectivity index (χ2n) is 4.60. The number of hydrogen-bond acceptors (Lipinski definition) is 7. The number of ether oxygens (including phenoxy) is 2. The molecule has 0 atom stereocenters. The lowest BCUT2D eigenvalue weighted by molar-refractivity contribution is -0.132. The molecule has 1 heterocycles. The van der Waals surface area contributed by atoms with Crippen molar-refractivity contribution in [3.05, 3.63) is 42.1 Å². The number of thioether (sulfide) groups is 2. The summed E-state index contributed by atoms with van der Waals surface area (Å²) in [6, 6.07) is 5.23. The van der Waals surface area contributed by atoms with Crippen molar-refractivity contribution < 1.29 is 19.1 Å². The molecule has 0 fully saturated rings. The van der Waals surface area contributed by atoms with E-state index in [9.17, 15) is 9.59 Å². The first kappa shape index (κ1) is 18.4. The topological polar surface area (TPSA) is 65.0 Å². The first-order valence-electron chi connectivity index (χ1n) is 7.25. The van der Waals surface area contributed by atoms with Crippen LogP contribution in [0, 0.1) is 0 Å². The fourth-order valence-corrected chi connectivity index (χ4v) is 3.50. The largest absolute Gasteiger partial charge is 0.490 e. The SMILES string of the molecule is C=CCSC1=N/C(=C/c2cccc(OCC)c2OC(C)=O)C(=O)S1. The molecule has 5 nitrogen and oxygen atoms in total. The van der Waals surface area contributed by atoms with E-state index in [1.165, 1.54) is 18.7 Å². The fourth-order valence-electron chi connectivity index (χ4n) is 1.90. The van der Waals surface area contributed by atoms with E-state index in [1.807, 2.05) is 6.92 Å². The van der Waals surface area contributed by atoms with Gasteiger partial charge in [0.2, 0.25) is 5.12 Å². The Morgan fingerprint density at radius 2 is 2.25 bits per heavy atom. The van der Waals surface area contributed by atoms with Gasteiger partial charge in [0.05, 0.1) is 6.61 Å². The van der Waals surface area contributed by atoms with Gasteiger partial charge in [-0.3, -0.25) is 9.59 Å². The van der Waals surface area contributed by atoms with E-state index in [-0.39, 0.29) is 5.12 Å². The standard InChI is InChI=1S/C17H17NO4S2/c1-4-9-23-17-18-13(16(20)24-17)10-12-7-6-8-14(21-5-2)15(12)22-11(3)19/h4,6-8,10H,1,5,9H2,2-3H3/b13-10+. The van der Waals surface area contributed by atoms with Gasteiger partial charge in [-0.05, 0) is 30.8 Å². The predicted molar refractivity (Wildman–Crippen MR) is 99.6 cm³/mol. The molecule has 0 spiro atoms. The molecule has 1 aliphatic rings. The quantitative estimate of drug-likeness (QED) is 0.331. The summed E-state index contributed by atoms with van der Waals surface area (Å²) in [6.07, 6.45) is 3.36. The van der Waals surface area contributed by atoms with Crippen molar-refractivity contribution in [3.8, 4) is 11.5 Å². The average molecular weight is 363 g/mol. The molecular weight excluding hydrogens is 346 g/mol. The Morgan fingerprint density at radius 1 is 1.46 bits per heavy atom. The van der Waals surface area contributed by atoms with E-state index >= 15 is 0 Å². The third kappa shape index (κ3) is 4.75. The molecule has 1 aromatic rings. The van der Waals surface area contributed by atoms with Gasteiger partial charge in [0.15, 0.2) is 11.5 Å². The van der Waals surface area contributed by atoms with E-state index < -0.39 is 5.97 Å². The summed E-state index contributed by atoms with van der Waals surface area (Å²) >= 11 is 2.54. The molecule has 7 heteroatoms. The van der Waals surface area contributed by atoms with Gasteiger partial charge in [-0.2, -0.15) is 0 Å². The van der Waals surface area contributed by atoms with E-state index in [0.29, 0.717) is 39.5 Å². The van der Waals surface area contributed by atoms with Crippen molar-refractivity contribution in [2.45, 2.75) is 13.8 Å². The highest BCUT2D eigenvalue weighted by Gasteiger charge is 2.23. The number of esters is 1. The van der Waals surface area contributed by atoms with E-state index in [2.05, 4.69) is 11.6 Å². The number of benzene rings is 1. The van der Waals surface area contributed by atoms with Crippen molar-refractivity contribution in [3.63, 3.8) is 0 Å².